The van der Waals surface area contributed by atoms with Gasteiger partial charge >= 0.3 is 0 Å². The van der Waals surface area contributed by atoms with Gasteiger partial charge in [0, 0.05) is 45.3 Å². The number of hydrogen-bond acceptors (Lipinski definition) is 4. The van der Waals surface area contributed by atoms with E-state index in [1.807, 2.05) is 0 Å². The largest absolute Gasteiger partial charge is 0.314 e. The number of nitrogens with one attached hydrogen (secondary N) is 1. The maximum atomic E-state index is 13.6. The Morgan fingerprint density at radius 3 is 2.52 bits per heavy atom. The van der Waals surface area contributed by atoms with Crippen LogP contribution in [0.2, 0.25) is 0 Å². The van der Waals surface area contributed by atoms with Crippen molar-refractivity contribution in [2.75, 3.05) is 39.3 Å². The van der Waals surface area contributed by atoms with E-state index in [1.165, 1.54) is 16.4 Å². The van der Waals surface area contributed by atoms with Crippen molar-refractivity contribution in [3.05, 3.63) is 29.6 Å². The van der Waals surface area contributed by atoms with Crippen LogP contribution in [0.1, 0.15) is 5.56 Å². The Kier molecular flexibility index (Phi) is 4.00. The summed E-state index contributed by atoms with van der Waals surface area (Å²) in [4.78, 5) is 2.36. The summed E-state index contributed by atoms with van der Waals surface area (Å²) in [6.45, 7) is 6.43. The number of sulfonamides is 1. The highest BCUT2D eigenvalue weighted by molar-refractivity contribution is 7.89. The van der Waals surface area contributed by atoms with Crippen molar-refractivity contribution in [2.24, 2.45) is 0 Å². The quantitative estimate of drug-likeness (QED) is 0.878. The molecular formula is C14H20FN3O2S. The van der Waals surface area contributed by atoms with Crippen LogP contribution < -0.4 is 5.32 Å². The van der Waals surface area contributed by atoms with Gasteiger partial charge in [0.15, 0.2) is 0 Å². The van der Waals surface area contributed by atoms with Crippen molar-refractivity contribution in [1.82, 2.24) is 14.5 Å². The number of halogens is 1. The first-order chi connectivity index (χ1) is 9.98. The molecule has 1 aromatic rings. The number of benzene rings is 1. The van der Waals surface area contributed by atoms with Gasteiger partial charge in [-0.05, 0) is 24.6 Å². The van der Waals surface area contributed by atoms with E-state index < -0.39 is 15.8 Å². The van der Waals surface area contributed by atoms with Crippen LogP contribution in [0.15, 0.2) is 23.1 Å². The van der Waals surface area contributed by atoms with Crippen molar-refractivity contribution < 1.29 is 12.8 Å². The Morgan fingerprint density at radius 2 is 1.90 bits per heavy atom. The van der Waals surface area contributed by atoms with Crippen molar-refractivity contribution in [3.8, 4) is 0 Å². The molecule has 0 unspecified atom stereocenters. The van der Waals surface area contributed by atoms with Crippen LogP contribution in [0.5, 0.6) is 0 Å². The molecule has 3 rings (SSSR count). The molecular weight excluding hydrogens is 293 g/mol. The summed E-state index contributed by atoms with van der Waals surface area (Å²) in [5.41, 5.74) is 0.455. The van der Waals surface area contributed by atoms with Crippen molar-refractivity contribution in [2.45, 2.75) is 17.9 Å². The molecule has 0 radical (unpaired) electrons. The highest BCUT2D eigenvalue weighted by Crippen LogP contribution is 2.25. The predicted molar refractivity (Wildman–Crippen MR) is 78.1 cm³/mol. The number of hydrogen-bond donors (Lipinski definition) is 1. The van der Waals surface area contributed by atoms with Gasteiger partial charge in [0.2, 0.25) is 10.0 Å². The fourth-order valence-corrected chi connectivity index (χ4v) is 4.30. The maximum Gasteiger partial charge on any atom is 0.243 e. The molecule has 7 heteroatoms. The lowest BCUT2D eigenvalue weighted by atomic mass is 10.1. The van der Waals surface area contributed by atoms with E-state index >= 15 is 0 Å². The van der Waals surface area contributed by atoms with Crippen LogP contribution >= 0.6 is 0 Å². The van der Waals surface area contributed by atoms with Crippen molar-refractivity contribution in [1.29, 1.82) is 0 Å². The van der Waals surface area contributed by atoms with E-state index in [9.17, 15) is 12.8 Å². The number of rotatable bonds is 3. The van der Waals surface area contributed by atoms with Crippen molar-refractivity contribution in [3.63, 3.8) is 0 Å². The molecule has 2 aliphatic heterocycles. The SMILES string of the molecule is Cc1ccc(S(=O)(=O)N2CC(N3CCNCC3)C2)cc1F. The second-order valence-corrected chi connectivity index (χ2v) is 7.61. The number of aryl methyl sites for hydroxylation is 1. The lowest BCUT2D eigenvalue weighted by Gasteiger charge is -2.45. The summed E-state index contributed by atoms with van der Waals surface area (Å²) in [7, 11) is -3.56. The Morgan fingerprint density at radius 1 is 1.24 bits per heavy atom. The van der Waals surface area contributed by atoms with Gasteiger partial charge in [0.1, 0.15) is 5.82 Å². The van der Waals surface area contributed by atoms with Crippen LogP contribution in [0.3, 0.4) is 0 Å². The number of nitrogens with zero attached hydrogens (tertiary/aromatic N) is 2. The minimum absolute atomic E-state index is 0.0457. The molecule has 0 atom stereocenters. The molecule has 0 bridgehead atoms. The summed E-state index contributed by atoms with van der Waals surface area (Å²) in [6.07, 6.45) is 0. The third-order valence-electron chi connectivity index (χ3n) is 4.28. The van der Waals surface area contributed by atoms with Crippen LogP contribution in [-0.2, 0) is 10.0 Å². The molecule has 0 amide bonds. The average molecular weight is 313 g/mol. The van der Waals surface area contributed by atoms with Crippen molar-refractivity contribution >= 4 is 10.0 Å². The van der Waals surface area contributed by atoms with Gasteiger partial charge in [-0.3, -0.25) is 4.90 Å². The molecule has 1 aromatic carbocycles. The van der Waals surface area contributed by atoms with E-state index in [0.29, 0.717) is 18.7 Å². The second-order valence-electron chi connectivity index (χ2n) is 5.67. The van der Waals surface area contributed by atoms with Gasteiger partial charge in [-0.25, -0.2) is 12.8 Å². The summed E-state index contributed by atoms with van der Waals surface area (Å²) >= 11 is 0. The molecule has 2 aliphatic rings. The van der Waals surface area contributed by atoms with Crippen LogP contribution in [0.25, 0.3) is 0 Å². The van der Waals surface area contributed by atoms with E-state index in [2.05, 4.69) is 10.2 Å². The third kappa shape index (κ3) is 2.83. The molecule has 2 fully saturated rings. The molecule has 0 aliphatic carbocycles. The maximum absolute atomic E-state index is 13.6. The zero-order valence-corrected chi connectivity index (χ0v) is 12.9. The first-order valence-corrected chi connectivity index (χ1v) is 8.63. The van der Waals surface area contributed by atoms with Gasteiger partial charge in [-0.1, -0.05) is 6.07 Å². The minimum atomic E-state index is -3.56. The topological polar surface area (TPSA) is 52.7 Å². The first-order valence-electron chi connectivity index (χ1n) is 7.19. The smallest absolute Gasteiger partial charge is 0.243 e. The highest BCUT2D eigenvalue weighted by Gasteiger charge is 2.39. The van der Waals surface area contributed by atoms with Crippen LogP contribution in [-0.4, -0.2) is 62.9 Å². The summed E-state index contributed by atoms with van der Waals surface area (Å²) in [5, 5.41) is 3.28. The van der Waals surface area contributed by atoms with Gasteiger partial charge in [0.25, 0.3) is 0 Å². The zero-order chi connectivity index (χ0) is 15.0. The average Bonchev–Trinajstić information content (AvgIpc) is 2.41. The Bertz CT molecular complexity index is 623. The van der Waals surface area contributed by atoms with Crippen LogP contribution in [0, 0.1) is 12.7 Å². The normalized spacial score (nSPS) is 22.2. The predicted octanol–water partition coefficient (Wildman–Crippen LogP) is 0.412. The fraction of sp³-hybridized carbons (Fsp3) is 0.571. The first kappa shape index (κ1) is 14.9. The zero-order valence-electron chi connectivity index (χ0n) is 12.0. The lowest BCUT2D eigenvalue weighted by Crippen LogP contribution is -2.63. The Balaban J connectivity index is 1.68. The Hall–Kier alpha value is -1.02. The lowest BCUT2D eigenvalue weighted by molar-refractivity contribution is 0.0773. The van der Waals surface area contributed by atoms with Gasteiger partial charge in [-0.15, -0.1) is 0 Å². The van der Waals surface area contributed by atoms with Crippen LogP contribution in [0.4, 0.5) is 4.39 Å². The fourth-order valence-electron chi connectivity index (χ4n) is 2.77. The molecule has 1 N–H and O–H groups in total. The monoisotopic (exact) mass is 313 g/mol. The van der Waals surface area contributed by atoms with Gasteiger partial charge in [-0.2, -0.15) is 4.31 Å². The second kappa shape index (κ2) is 5.64. The summed E-state index contributed by atoms with van der Waals surface area (Å²) in [6, 6.07) is 4.39. The molecule has 116 valence electrons. The standard InChI is InChI=1S/C14H20FN3O2S/c1-11-2-3-13(8-14(11)15)21(19,20)18-9-12(10-18)17-6-4-16-5-7-17/h2-3,8,12,16H,4-7,9-10H2,1H3. The summed E-state index contributed by atoms with van der Waals surface area (Å²) < 4.78 is 39.9. The van der Waals surface area contributed by atoms with E-state index in [0.717, 1.165) is 32.2 Å². The van der Waals surface area contributed by atoms with Gasteiger partial charge < -0.3 is 5.32 Å². The molecule has 0 saturated carbocycles. The Labute approximate surface area is 124 Å². The van der Waals surface area contributed by atoms with E-state index in [-0.39, 0.29) is 10.9 Å². The molecule has 2 heterocycles. The molecule has 0 aromatic heterocycles. The molecule has 2 saturated heterocycles. The van der Waals surface area contributed by atoms with E-state index in [4.69, 9.17) is 0 Å². The molecule has 21 heavy (non-hydrogen) atoms. The molecule has 0 spiro atoms. The van der Waals surface area contributed by atoms with E-state index in [1.54, 1.807) is 6.92 Å². The van der Waals surface area contributed by atoms with Gasteiger partial charge in [0.05, 0.1) is 4.90 Å². The summed E-state index contributed by atoms with van der Waals surface area (Å²) in [5.74, 6) is -0.477. The minimum Gasteiger partial charge on any atom is -0.314 e. The highest BCUT2D eigenvalue weighted by atomic mass is 32.2. The molecule has 5 nitrogen and oxygen atoms in total. The third-order valence-corrected chi connectivity index (χ3v) is 6.11. The number of piperazine rings is 1.